The zero-order chi connectivity index (χ0) is 20.8. The Balaban J connectivity index is 0.00000320. The van der Waals surface area contributed by atoms with Crippen molar-refractivity contribution < 1.29 is 4.74 Å². The molecule has 10 heteroatoms. The molecule has 7 nitrogen and oxygen atoms in total. The Morgan fingerprint density at radius 2 is 1.87 bits per heavy atom. The predicted molar refractivity (Wildman–Crippen MR) is 133 cm³/mol. The van der Waals surface area contributed by atoms with Gasteiger partial charge in [-0.25, -0.2) is 4.68 Å². The van der Waals surface area contributed by atoms with Gasteiger partial charge in [-0.05, 0) is 57.9 Å². The van der Waals surface area contributed by atoms with Gasteiger partial charge in [0, 0.05) is 12.8 Å². The van der Waals surface area contributed by atoms with E-state index < -0.39 is 0 Å². The summed E-state index contributed by atoms with van der Waals surface area (Å²) in [6, 6.07) is 16.9. The van der Waals surface area contributed by atoms with Crippen molar-refractivity contribution in [1.82, 2.24) is 9.36 Å². The SMILES string of the molecule is Br.COc1ccc(/C=N/N=C(\N)SCc2c(Br)c(=O)n(-c3ccccc3)n2C)cc1. The van der Waals surface area contributed by atoms with Gasteiger partial charge in [-0.2, -0.15) is 5.10 Å². The van der Waals surface area contributed by atoms with Crippen LogP contribution in [0, 0.1) is 0 Å². The monoisotopic (exact) mass is 553 g/mol. The van der Waals surface area contributed by atoms with Gasteiger partial charge < -0.3 is 10.5 Å². The number of amidine groups is 1. The largest absolute Gasteiger partial charge is 0.497 e. The van der Waals surface area contributed by atoms with Gasteiger partial charge >= 0.3 is 0 Å². The highest BCUT2D eigenvalue weighted by atomic mass is 79.9. The third kappa shape index (κ3) is 5.65. The minimum atomic E-state index is -0.123. The second kappa shape index (κ2) is 11.2. The Morgan fingerprint density at radius 3 is 2.50 bits per heavy atom. The van der Waals surface area contributed by atoms with Crippen LogP contribution >= 0.6 is 44.7 Å². The van der Waals surface area contributed by atoms with E-state index in [0.717, 1.165) is 22.7 Å². The van der Waals surface area contributed by atoms with Gasteiger partial charge in [-0.15, -0.1) is 22.1 Å². The highest BCUT2D eigenvalue weighted by Crippen LogP contribution is 2.21. The molecular formula is C20H21Br2N5O2S. The molecule has 0 saturated carbocycles. The van der Waals surface area contributed by atoms with Gasteiger partial charge in [0.1, 0.15) is 10.2 Å². The van der Waals surface area contributed by atoms with Gasteiger partial charge in [-0.1, -0.05) is 30.0 Å². The number of methoxy groups -OCH3 is 1. The maximum Gasteiger partial charge on any atom is 0.286 e. The minimum absolute atomic E-state index is 0. The number of benzene rings is 2. The Labute approximate surface area is 197 Å². The van der Waals surface area contributed by atoms with Gasteiger partial charge in [0.05, 0.1) is 24.7 Å². The molecule has 3 rings (SSSR count). The molecule has 0 unspecified atom stereocenters. The second-order valence-corrected chi connectivity index (χ2v) is 7.77. The smallest absolute Gasteiger partial charge is 0.286 e. The second-order valence-electron chi connectivity index (χ2n) is 5.98. The van der Waals surface area contributed by atoms with E-state index in [1.807, 2.05) is 66.3 Å². The quantitative estimate of drug-likeness (QED) is 0.282. The number of hydrogen-bond donors (Lipinski definition) is 1. The highest BCUT2D eigenvalue weighted by molar-refractivity contribution is 9.10. The van der Waals surface area contributed by atoms with Crippen molar-refractivity contribution >= 4 is 56.1 Å². The van der Waals surface area contributed by atoms with Crippen LogP contribution in [0.3, 0.4) is 0 Å². The molecule has 2 aromatic carbocycles. The molecule has 0 aliphatic rings. The molecule has 0 atom stereocenters. The van der Waals surface area contributed by atoms with Crippen molar-refractivity contribution in [1.29, 1.82) is 0 Å². The first kappa shape index (κ1) is 24.0. The van der Waals surface area contributed by atoms with Crippen molar-refractivity contribution in [2.45, 2.75) is 5.75 Å². The number of aromatic nitrogens is 2. The summed E-state index contributed by atoms with van der Waals surface area (Å²) < 4.78 is 9.04. The number of ether oxygens (including phenoxy) is 1. The fourth-order valence-electron chi connectivity index (χ4n) is 2.65. The fourth-order valence-corrected chi connectivity index (χ4v) is 4.12. The molecule has 0 aliphatic carbocycles. The molecule has 1 aromatic heterocycles. The lowest BCUT2D eigenvalue weighted by Gasteiger charge is -2.09. The van der Waals surface area contributed by atoms with Crippen molar-refractivity contribution in [3.63, 3.8) is 0 Å². The number of rotatable bonds is 6. The van der Waals surface area contributed by atoms with Gasteiger partial charge in [0.15, 0.2) is 5.17 Å². The van der Waals surface area contributed by atoms with E-state index in [2.05, 4.69) is 26.1 Å². The predicted octanol–water partition coefficient (Wildman–Crippen LogP) is 4.11. The Bertz CT molecular complexity index is 1090. The number of thioether (sulfide) groups is 1. The standard InChI is InChI=1S/C20H20BrN5O2S.BrH/c1-25-17(18(21)19(27)26(25)15-6-4-3-5-7-15)13-29-20(22)24-23-12-14-8-10-16(28-2)11-9-14;/h3-12H,13H2,1-2H3,(H2,22,24);1H/b23-12+;. The molecule has 158 valence electrons. The van der Waals surface area contributed by atoms with Gasteiger partial charge in [-0.3, -0.25) is 9.48 Å². The molecule has 2 N–H and O–H groups in total. The lowest BCUT2D eigenvalue weighted by molar-refractivity contribution is 0.415. The summed E-state index contributed by atoms with van der Waals surface area (Å²) in [6.07, 6.45) is 1.62. The molecule has 0 radical (unpaired) electrons. The number of para-hydroxylation sites is 1. The summed E-state index contributed by atoms with van der Waals surface area (Å²) in [5, 5.41) is 8.33. The van der Waals surface area contributed by atoms with Crippen molar-refractivity contribution in [3.8, 4) is 11.4 Å². The fraction of sp³-hybridized carbons (Fsp3) is 0.150. The Hall–Kier alpha value is -2.30. The lowest BCUT2D eigenvalue weighted by atomic mass is 10.2. The van der Waals surface area contributed by atoms with Gasteiger partial charge in [0.25, 0.3) is 5.56 Å². The van der Waals surface area contributed by atoms with Crippen LogP contribution < -0.4 is 16.0 Å². The van der Waals surface area contributed by atoms with Crippen LogP contribution in [0.4, 0.5) is 0 Å². The van der Waals surface area contributed by atoms with E-state index in [1.165, 1.54) is 11.8 Å². The number of nitrogens with zero attached hydrogens (tertiary/aromatic N) is 4. The topological polar surface area (TPSA) is 86.9 Å². The summed E-state index contributed by atoms with van der Waals surface area (Å²) in [6.45, 7) is 0. The average Bonchev–Trinajstić information content (AvgIpc) is 2.96. The van der Waals surface area contributed by atoms with Crippen LogP contribution in [0.5, 0.6) is 5.75 Å². The summed E-state index contributed by atoms with van der Waals surface area (Å²) in [4.78, 5) is 12.6. The minimum Gasteiger partial charge on any atom is -0.497 e. The van der Waals surface area contributed by atoms with Crippen LogP contribution in [0.1, 0.15) is 11.3 Å². The molecule has 0 amide bonds. The van der Waals surface area contributed by atoms with Crippen LogP contribution in [-0.4, -0.2) is 27.9 Å². The molecule has 3 aromatic rings. The Kier molecular flexibility index (Phi) is 8.94. The highest BCUT2D eigenvalue weighted by Gasteiger charge is 2.17. The summed E-state index contributed by atoms with van der Waals surface area (Å²) in [5.74, 6) is 1.25. The first-order chi connectivity index (χ1) is 14.0. The zero-order valence-electron chi connectivity index (χ0n) is 16.4. The van der Waals surface area contributed by atoms with E-state index in [1.54, 1.807) is 18.0 Å². The first-order valence-corrected chi connectivity index (χ1v) is 10.4. The van der Waals surface area contributed by atoms with Crippen molar-refractivity contribution in [2.75, 3.05) is 7.11 Å². The van der Waals surface area contributed by atoms with Crippen molar-refractivity contribution in [2.24, 2.45) is 23.0 Å². The maximum atomic E-state index is 12.6. The molecule has 0 saturated heterocycles. The van der Waals surface area contributed by atoms with Crippen LogP contribution in [0.15, 0.2) is 74.1 Å². The van der Waals surface area contributed by atoms with E-state index in [0.29, 0.717) is 15.4 Å². The summed E-state index contributed by atoms with van der Waals surface area (Å²) in [7, 11) is 3.46. The number of halogens is 2. The summed E-state index contributed by atoms with van der Waals surface area (Å²) in [5.41, 5.74) is 8.32. The van der Waals surface area contributed by atoms with Crippen molar-refractivity contribution in [3.05, 3.63) is 80.7 Å². The molecular weight excluding hydrogens is 534 g/mol. The average molecular weight is 555 g/mol. The normalized spacial score (nSPS) is 11.5. The molecule has 0 fully saturated rings. The Morgan fingerprint density at radius 1 is 1.20 bits per heavy atom. The zero-order valence-corrected chi connectivity index (χ0v) is 20.5. The summed E-state index contributed by atoms with van der Waals surface area (Å²) >= 11 is 4.71. The van der Waals surface area contributed by atoms with E-state index in [4.69, 9.17) is 10.5 Å². The number of hydrogen-bond acceptors (Lipinski definition) is 5. The molecule has 0 spiro atoms. The number of nitrogens with two attached hydrogens (primary N) is 1. The van der Waals surface area contributed by atoms with Gasteiger partial charge in [0.2, 0.25) is 0 Å². The molecule has 0 aliphatic heterocycles. The van der Waals surface area contributed by atoms with E-state index in [-0.39, 0.29) is 22.5 Å². The first-order valence-electron chi connectivity index (χ1n) is 8.66. The molecule has 0 bridgehead atoms. The third-order valence-electron chi connectivity index (χ3n) is 4.16. The maximum absolute atomic E-state index is 12.6. The lowest BCUT2D eigenvalue weighted by Crippen LogP contribution is -2.19. The molecule has 30 heavy (non-hydrogen) atoms. The van der Waals surface area contributed by atoms with Crippen LogP contribution in [0.2, 0.25) is 0 Å². The van der Waals surface area contributed by atoms with E-state index in [9.17, 15) is 4.79 Å². The molecule has 1 heterocycles. The third-order valence-corrected chi connectivity index (χ3v) is 5.75. The van der Waals surface area contributed by atoms with Crippen LogP contribution in [0.25, 0.3) is 5.69 Å². The van der Waals surface area contributed by atoms with Crippen LogP contribution in [-0.2, 0) is 12.8 Å². The van der Waals surface area contributed by atoms with E-state index >= 15 is 0 Å².